The van der Waals surface area contributed by atoms with E-state index in [1.54, 1.807) is 12.3 Å². The van der Waals surface area contributed by atoms with Crippen molar-refractivity contribution < 1.29 is 4.79 Å². The third-order valence-electron chi connectivity index (χ3n) is 4.10. The van der Waals surface area contributed by atoms with Gasteiger partial charge in [0.05, 0.1) is 5.52 Å². The zero-order chi connectivity index (χ0) is 14.8. The first-order valence-corrected chi connectivity index (χ1v) is 7.55. The summed E-state index contributed by atoms with van der Waals surface area (Å²) in [5, 5.41) is 0.665. The smallest absolute Gasteiger partial charge is 0.242 e. The van der Waals surface area contributed by atoms with Crippen LogP contribution in [0.3, 0.4) is 0 Å². The van der Waals surface area contributed by atoms with Gasteiger partial charge in [-0.05, 0) is 37.8 Å². The van der Waals surface area contributed by atoms with Crippen LogP contribution in [-0.2, 0) is 11.3 Å². The highest BCUT2D eigenvalue weighted by atomic mass is 16.2. The van der Waals surface area contributed by atoms with Crippen molar-refractivity contribution in [1.29, 1.82) is 0 Å². The molecule has 1 aromatic heterocycles. The molecule has 4 heteroatoms. The Morgan fingerprint density at radius 3 is 2.76 bits per heavy atom. The van der Waals surface area contributed by atoms with Gasteiger partial charge in [0.15, 0.2) is 5.43 Å². The molecule has 1 amide bonds. The molecule has 1 aliphatic rings. The minimum Gasteiger partial charge on any atom is -0.341 e. The van der Waals surface area contributed by atoms with Crippen LogP contribution in [0.5, 0.6) is 0 Å². The van der Waals surface area contributed by atoms with Crippen molar-refractivity contribution in [1.82, 2.24) is 9.47 Å². The number of benzene rings is 1. The number of hydrogen-bond donors (Lipinski definition) is 0. The Hall–Kier alpha value is -2.10. The summed E-state index contributed by atoms with van der Waals surface area (Å²) < 4.78 is 1.87. The maximum atomic E-state index is 12.5. The zero-order valence-electron chi connectivity index (χ0n) is 12.3. The lowest BCUT2D eigenvalue weighted by atomic mass is 10.2. The van der Waals surface area contributed by atoms with E-state index in [4.69, 9.17) is 0 Å². The van der Waals surface area contributed by atoms with Crippen LogP contribution in [0.4, 0.5) is 0 Å². The van der Waals surface area contributed by atoms with E-state index >= 15 is 0 Å². The van der Waals surface area contributed by atoms with Gasteiger partial charge in [0, 0.05) is 30.7 Å². The van der Waals surface area contributed by atoms with Crippen LogP contribution in [0.2, 0.25) is 0 Å². The summed E-state index contributed by atoms with van der Waals surface area (Å²) >= 11 is 0. The third-order valence-corrected chi connectivity index (χ3v) is 4.10. The van der Waals surface area contributed by atoms with Crippen molar-refractivity contribution in [2.45, 2.75) is 26.3 Å². The monoisotopic (exact) mass is 284 g/mol. The largest absolute Gasteiger partial charge is 0.341 e. The second-order valence-corrected chi connectivity index (χ2v) is 5.70. The highest BCUT2D eigenvalue weighted by Crippen LogP contribution is 2.29. The molecule has 2 aromatic rings. The van der Waals surface area contributed by atoms with E-state index in [0.29, 0.717) is 17.8 Å². The molecule has 0 radical (unpaired) electrons. The van der Waals surface area contributed by atoms with Gasteiger partial charge in [-0.3, -0.25) is 9.59 Å². The minimum atomic E-state index is -0.000345. The van der Waals surface area contributed by atoms with Gasteiger partial charge in [0.25, 0.3) is 0 Å². The summed E-state index contributed by atoms with van der Waals surface area (Å²) in [4.78, 5) is 26.2. The van der Waals surface area contributed by atoms with Crippen LogP contribution < -0.4 is 5.43 Å². The number of hydrogen-bond acceptors (Lipinski definition) is 2. The Morgan fingerprint density at radius 1 is 1.29 bits per heavy atom. The van der Waals surface area contributed by atoms with Crippen molar-refractivity contribution in [3.05, 3.63) is 46.8 Å². The van der Waals surface area contributed by atoms with Crippen molar-refractivity contribution >= 4 is 16.8 Å². The summed E-state index contributed by atoms with van der Waals surface area (Å²) in [5.41, 5.74) is 0.820. The first-order valence-electron chi connectivity index (χ1n) is 7.55. The van der Waals surface area contributed by atoms with E-state index in [9.17, 15) is 9.59 Å². The van der Waals surface area contributed by atoms with Gasteiger partial charge in [-0.25, -0.2) is 0 Å². The van der Waals surface area contributed by atoms with Gasteiger partial charge in [-0.1, -0.05) is 12.1 Å². The molecule has 0 spiro atoms. The summed E-state index contributed by atoms with van der Waals surface area (Å²) in [6.45, 7) is 3.92. The number of carbonyl (C=O) groups is 1. The lowest BCUT2D eigenvalue weighted by Crippen LogP contribution is -2.35. The van der Waals surface area contributed by atoms with Crippen molar-refractivity contribution in [2.24, 2.45) is 5.92 Å². The summed E-state index contributed by atoms with van der Waals surface area (Å²) in [7, 11) is 0. The first kappa shape index (κ1) is 13.9. The molecular formula is C17H20N2O2. The minimum absolute atomic E-state index is 0.000345. The molecule has 0 aliphatic heterocycles. The molecule has 4 nitrogen and oxygen atoms in total. The topological polar surface area (TPSA) is 42.3 Å². The van der Waals surface area contributed by atoms with Gasteiger partial charge in [0.2, 0.25) is 5.91 Å². The van der Waals surface area contributed by atoms with Crippen molar-refractivity contribution in [3.63, 3.8) is 0 Å². The zero-order valence-corrected chi connectivity index (χ0v) is 12.3. The molecule has 110 valence electrons. The van der Waals surface area contributed by atoms with Crippen LogP contribution >= 0.6 is 0 Å². The third kappa shape index (κ3) is 2.99. The first-order chi connectivity index (χ1) is 10.2. The fraction of sp³-hybridized carbons (Fsp3) is 0.412. The second kappa shape index (κ2) is 5.72. The maximum Gasteiger partial charge on any atom is 0.242 e. The molecular weight excluding hydrogens is 264 g/mol. The highest BCUT2D eigenvalue weighted by molar-refractivity contribution is 5.82. The van der Waals surface area contributed by atoms with E-state index in [0.717, 1.165) is 18.6 Å². The summed E-state index contributed by atoms with van der Waals surface area (Å²) in [6, 6.07) is 8.97. The average Bonchev–Trinajstić information content (AvgIpc) is 3.32. The van der Waals surface area contributed by atoms with Gasteiger partial charge < -0.3 is 9.47 Å². The van der Waals surface area contributed by atoms with E-state index in [1.807, 2.05) is 34.6 Å². The number of para-hydroxylation sites is 1. The average molecular weight is 284 g/mol. The molecule has 21 heavy (non-hydrogen) atoms. The normalized spacial score (nSPS) is 14.3. The number of fused-ring (bicyclic) bond motifs is 1. The Labute approximate surface area is 124 Å². The number of nitrogens with zero attached hydrogens (tertiary/aromatic N) is 2. The standard InChI is InChI=1S/C17H20N2O2/c1-2-18(11-13-7-8-13)17(21)12-19-10-9-16(20)14-5-3-4-6-15(14)19/h3-6,9-10,13H,2,7-8,11-12H2,1H3. The Kier molecular flexibility index (Phi) is 3.78. The molecule has 1 heterocycles. The van der Waals surface area contributed by atoms with Crippen molar-refractivity contribution in [3.8, 4) is 0 Å². The van der Waals surface area contributed by atoms with Crippen molar-refractivity contribution in [2.75, 3.05) is 13.1 Å². The number of carbonyl (C=O) groups excluding carboxylic acids is 1. The molecule has 0 atom stereocenters. The molecule has 1 aliphatic carbocycles. The van der Waals surface area contributed by atoms with Crippen LogP contribution in [0, 0.1) is 5.92 Å². The lowest BCUT2D eigenvalue weighted by molar-refractivity contribution is -0.131. The molecule has 0 saturated heterocycles. The number of rotatable bonds is 5. The number of aromatic nitrogens is 1. The van der Waals surface area contributed by atoms with E-state index < -0.39 is 0 Å². The second-order valence-electron chi connectivity index (χ2n) is 5.70. The molecule has 1 aromatic carbocycles. The highest BCUT2D eigenvalue weighted by Gasteiger charge is 2.26. The van der Waals surface area contributed by atoms with Crippen LogP contribution in [0.1, 0.15) is 19.8 Å². The fourth-order valence-corrected chi connectivity index (χ4v) is 2.66. The fourth-order valence-electron chi connectivity index (χ4n) is 2.66. The number of amides is 1. The Bertz CT molecular complexity index is 716. The van der Waals surface area contributed by atoms with E-state index in [-0.39, 0.29) is 11.3 Å². The van der Waals surface area contributed by atoms with Crippen LogP contribution in [0.15, 0.2) is 41.3 Å². The van der Waals surface area contributed by atoms with Gasteiger partial charge in [-0.15, -0.1) is 0 Å². The molecule has 0 N–H and O–H groups in total. The predicted molar refractivity (Wildman–Crippen MR) is 83.2 cm³/mol. The van der Waals surface area contributed by atoms with E-state index in [1.165, 1.54) is 18.9 Å². The number of likely N-dealkylation sites (N-methyl/N-ethyl adjacent to an activating group) is 1. The summed E-state index contributed by atoms with van der Waals surface area (Å²) in [5.74, 6) is 0.817. The number of pyridine rings is 1. The molecule has 1 saturated carbocycles. The molecule has 0 unspecified atom stereocenters. The lowest BCUT2D eigenvalue weighted by Gasteiger charge is -2.22. The Balaban J connectivity index is 1.85. The van der Waals surface area contributed by atoms with Gasteiger partial charge >= 0.3 is 0 Å². The van der Waals surface area contributed by atoms with E-state index in [2.05, 4.69) is 0 Å². The SMILES string of the molecule is CCN(CC1CC1)C(=O)Cn1ccc(=O)c2ccccc21. The Morgan fingerprint density at radius 2 is 2.05 bits per heavy atom. The molecule has 1 fully saturated rings. The van der Waals surface area contributed by atoms with Crippen LogP contribution in [0.25, 0.3) is 10.9 Å². The maximum absolute atomic E-state index is 12.5. The quantitative estimate of drug-likeness (QED) is 0.845. The predicted octanol–water partition coefficient (Wildman–Crippen LogP) is 2.26. The van der Waals surface area contributed by atoms with Gasteiger partial charge in [0.1, 0.15) is 6.54 Å². The van der Waals surface area contributed by atoms with Crippen LogP contribution in [-0.4, -0.2) is 28.5 Å². The van der Waals surface area contributed by atoms with Gasteiger partial charge in [-0.2, -0.15) is 0 Å². The molecule has 0 bridgehead atoms. The molecule has 3 rings (SSSR count). The summed E-state index contributed by atoms with van der Waals surface area (Å²) in [6.07, 6.45) is 4.20.